The predicted octanol–water partition coefficient (Wildman–Crippen LogP) is -0.356. The Labute approximate surface area is 424 Å². The standard InChI is InChI=1S/C51H69N7O15/c1-10-27(4)39-46(65)57-42-33-16-18-34(19-17-33)73-31(8)51(25-71-51)21-20-37(60)52-23-38(61)70-24-35(50(69)72-30(7)41(48(67)54-39)56-44(63)28(5)43(62)26(2)3)53-47(66)40(29(6)59)55-45(64)36(58(9)49(42)68)22-32-14-12-11-13-15-32/h11-21,26-31,35-36,39-43,59,62H,10,22-25H2,1-9H3,(H,52,60)(H,53,66)(H,54,67)(H,55,64)(H,56,63)(H,57,65)/b21-20-/t27-,28+,29+,30-,31+,35-,36-,39?,40+,41-,42-,43+,51-/m0/s1. The van der Waals surface area contributed by atoms with Crippen LogP contribution in [0.2, 0.25) is 0 Å². The molecule has 6 rings (SSSR count). The number of likely N-dealkylation sites (N-methyl/N-ethyl adjacent to an activating group) is 1. The van der Waals surface area contributed by atoms with Crippen molar-refractivity contribution in [1.29, 1.82) is 0 Å². The molecule has 398 valence electrons. The van der Waals surface area contributed by atoms with Gasteiger partial charge in [0.05, 0.1) is 24.7 Å². The maximum absolute atomic E-state index is 15.2. The molecule has 4 bridgehead atoms. The van der Waals surface area contributed by atoms with Crippen molar-refractivity contribution in [3.05, 3.63) is 77.9 Å². The number of carbonyl (C=O) groups excluding carboxylic acids is 9. The van der Waals surface area contributed by atoms with Gasteiger partial charge in [0.2, 0.25) is 41.4 Å². The topological polar surface area (TPSA) is 310 Å². The molecule has 4 heterocycles. The summed E-state index contributed by atoms with van der Waals surface area (Å²) in [6.45, 7) is 10.8. The zero-order valence-electron chi connectivity index (χ0n) is 42.5. The maximum Gasteiger partial charge on any atom is 0.332 e. The zero-order chi connectivity index (χ0) is 53.9. The molecular weight excluding hydrogens is 951 g/mol. The van der Waals surface area contributed by atoms with Crippen molar-refractivity contribution in [2.75, 3.05) is 26.8 Å². The van der Waals surface area contributed by atoms with Gasteiger partial charge in [-0.05, 0) is 61.9 Å². The Morgan fingerprint density at radius 2 is 1.45 bits per heavy atom. The SMILES string of the molecule is CC[C@H](C)C1NC(=O)[C@@H](NC(=O)[C@H](C)[C@H](O)C(C)C)[C@H](C)OC(=O)[C@@H]2COC(=O)CNC(=O)/C=C\[C@]3(CO3)[C@@H](C)Oc3ccc(cc3)[C@H](NC1=O)C(=O)N(C)[C@@H](Cc1ccccc1)C(=O)N[C@H]([C@@H](C)O)C(=O)N2. The molecule has 73 heavy (non-hydrogen) atoms. The number of benzene rings is 2. The lowest BCUT2D eigenvalue weighted by atomic mass is 9.93. The van der Waals surface area contributed by atoms with Crippen molar-refractivity contribution in [2.45, 2.75) is 134 Å². The van der Waals surface area contributed by atoms with Crippen LogP contribution in [0.3, 0.4) is 0 Å². The molecule has 22 heteroatoms. The largest absolute Gasteiger partial charge is 0.487 e. The Balaban J connectivity index is 1.72. The van der Waals surface area contributed by atoms with Crippen molar-refractivity contribution in [1.82, 2.24) is 36.8 Å². The molecule has 0 radical (unpaired) electrons. The second kappa shape index (κ2) is 25.2. The van der Waals surface area contributed by atoms with Crippen LogP contribution in [-0.4, -0.2) is 155 Å². The van der Waals surface area contributed by atoms with Crippen molar-refractivity contribution in [3.63, 3.8) is 0 Å². The molecule has 13 atom stereocenters. The lowest BCUT2D eigenvalue weighted by Crippen LogP contribution is -2.61. The van der Waals surface area contributed by atoms with Crippen LogP contribution in [0.15, 0.2) is 66.7 Å². The number of esters is 2. The second-order valence-corrected chi connectivity index (χ2v) is 19.2. The molecule has 2 fully saturated rings. The number of carbonyl (C=O) groups is 9. The summed E-state index contributed by atoms with van der Waals surface area (Å²) < 4.78 is 23.0. The molecule has 2 aromatic rings. The van der Waals surface area contributed by atoms with Gasteiger partial charge in [0.15, 0.2) is 6.04 Å². The third kappa shape index (κ3) is 14.8. The number of hydrogen-bond donors (Lipinski definition) is 8. The number of rotatable bonds is 9. The minimum atomic E-state index is -1.94. The van der Waals surface area contributed by atoms with Gasteiger partial charge in [0, 0.05) is 19.5 Å². The lowest BCUT2D eigenvalue weighted by Gasteiger charge is -2.34. The monoisotopic (exact) mass is 1020 g/mol. The number of ether oxygens (including phenoxy) is 4. The van der Waals surface area contributed by atoms with E-state index < -0.39 is 150 Å². The summed E-state index contributed by atoms with van der Waals surface area (Å²) in [5.74, 6) is -10.7. The number of aliphatic hydroxyl groups is 2. The summed E-state index contributed by atoms with van der Waals surface area (Å²) in [5.41, 5.74) is -0.249. The zero-order valence-corrected chi connectivity index (χ0v) is 42.5. The summed E-state index contributed by atoms with van der Waals surface area (Å²) in [7, 11) is 1.32. The van der Waals surface area contributed by atoms with Gasteiger partial charge in [-0.2, -0.15) is 0 Å². The van der Waals surface area contributed by atoms with Gasteiger partial charge in [-0.3, -0.25) is 38.4 Å². The highest BCUT2D eigenvalue weighted by Crippen LogP contribution is 2.35. The van der Waals surface area contributed by atoms with Crippen LogP contribution < -0.4 is 36.6 Å². The Morgan fingerprint density at radius 3 is 2.05 bits per heavy atom. The van der Waals surface area contributed by atoms with E-state index in [-0.39, 0.29) is 18.6 Å². The van der Waals surface area contributed by atoms with Gasteiger partial charge < -0.3 is 66.0 Å². The summed E-state index contributed by atoms with van der Waals surface area (Å²) in [6, 6.07) is 4.69. The molecule has 0 aliphatic carbocycles. The highest BCUT2D eigenvalue weighted by molar-refractivity contribution is 5.98. The van der Waals surface area contributed by atoms with Crippen LogP contribution in [0.1, 0.15) is 79.0 Å². The maximum atomic E-state index is 15.2. The van der Waals surface area contributed by atoms with E-state index in [0.717, 1.165) is 11.0 Å². The smallest absolute Gasteiger partial charge is 0.332 e. The fraction of sp³-hybridized carbons (Fsp3) is 0.549. The first-order chi connectivity index (χ1) is 34.5. The van der Waals surface area contributed by atoms with Crippen LogP contribution in [-0.2, 0) is 63.8 Å². The van der Waals surface area contributed by atoms with Crippen LogP contribution in [0.4, 0.5) is 0 Å². The number of cyclic esters (lactones) is 1. The van der Waals surface area contributed by atoms with E-state index in [9.17, 15) is 48.6 Å². The first-order valence-corrected chi connectivity index (χ1v) is 24.4. The van der Waals surface area contributed by atoms with Gasteiger partial charge in [-0.15, -0.1) is 0 Å². The van der Waals surface area contributed by atoms with Gasteiger partial charge in [0.25, 0.3) is 0 Å². The molecule has 4 aliphatic heterocycles. The van der Waals surface area contributed by atoms with E-state index in [1.807, 2.05) is 0 Å². The highest BCUT2D eigenvalue weighted by atomic mass is 16.6. The van der Waals surface area contributed by atoms with E-state index in [4.69, 9.17) is 18.9 Å². The summed E-state index contributed by atoms with van der Waals surface area (Å²) in [4.78, 5) is 129. The van der Waals surface area contributed by atoms with Crippen molar-refractivity contribution in [3.8, 4) is 5.75 Å². The predicted molar refractivity (Wildman–Crippen MR) is 260 cm³/mol. The second-order valence-electron chi connectivity index (χ2n) is 19.2. The number of amides is 7. The first kappa shape index (κ1) is 57.0. The molecule has 2 aromatic carbocycles. The fourth-order valence-electron chi connectivity index (χ4n) is 8.15. The molecule has 8 N–H and O–H groups in total. The molecule has 0 aromatic heterocycles. The summed E-state index contributed by atoms with van der Waals surface area (Å²) >= 11 is 0. The molecule has 0 saturated carbocycles. The minimum Gasteiger partial charge on any atom is -0.487 e. The van der Waals surface area contributed by atoms with Crippen molar-refractivity contribution >= 4 is 53.3 Å². The van der Waals surface area contributed by atoms with Crippen LogP contribution in [0, 0.1) is 17.8 Å². The number of nitrogens with one attached hydrogen (secondary N) is 6. The van der Waals surface area contributed by atoms with E-state index >= 15 is 4.79 Å². The molecule has 2 saturated heterocycles. The molecular formula is C51H69N7O15. The van der Waals surface area contributed by atoms with E-state index in [1.165, 1.54) is 58.2 Å². The lowest BCUT2D eigenvalue weighted by molar-refractivity contribution is -0.160. The Hall–Kier alpha value is -6.91. The summed E-state index contributed by atoms with van der Waals surface area (Å²) in [5, 5.41) is 37.1. The molecule has 1 spiro atoms. The van der Waals surface area contributed by atoms with Gasteiger partial charge >= 0.3 is 11.9 Å². The molecule has 7 amide bonds. The van der Waals surface area contributed by atoms with Crippen molar-refractivity contribution in [2.24, 2.45) is 17.8 Å². The third-order valence-corrected chi connectivity index (χ3v) is 13.4. The fourth-order valence-corrected chi connectivity index (χ4v) is 8.15. The average molecular weight is 1020 g/mol. The molecule has 4 aliphatic rings. The van der Waals surface area contributed by atoms with Crippen molar-refractivity contribution < 1.29 is 72.3 Å². The third-order valence-electron chi connectivity index (χ3n) is 13.4. The number of epoxide rings is 1. The molecule has 22 nitrogen and oxygen atoms in total. The van der Waals surface area contributed by atoms with Gasteiger partial charge in [0.1, 0.15) is 66.9 Å². The Kier molecular flexibility index (Phi) is 19.6. The number of aliphatic hydroxyl groups excluding tert-OH is 2. The van der Waals surface area contributed by atoms with Crippen LogP contribution >= 0.6 is 0 Å². The average Bonchev–Trinajstić information content (AvgIpc) is 4.17. The van der Waals surface area contributed by atoms with E-state index in [2.05, 4.69) is 31.9 Å². The number of nitrogens with zero attached hydrogens (tertiary/aromatic N) is 1. The first-order valence-electron chi connectivity index (χ1n) is 24.4. The Morgan fingerprint density at radius 1 is 0.822 bits per heavy atom. The van der Waals surface area contributed by atoms with E-state index in [1.54, 1.807) is 65.0 Å². The Bertz CT molecular complexity index is 2360. The van der Waals surface area contributed by atoms with E-state index in [0.29, 0.717) is 17.7 Å². The highest BCUT2D eigenvalue weighted by Gasteiger charge is 2.49. The number of hydrogen-bond acceptors (Lipinski definition) is 15. The normalized spacial score (nSPS) is 29.3. The summed E-state index contributed by atoms with van der Waals surface area (Å²) in [6.07, 6.45) is -2.39. The van der Waals surface area contributed by atoms with Gasteiger partial charge in [-0.1, -0.05) is 83.5 Å². The number of fused-ring (bicyclic) bond motifs is 9. The van der Waals surface area contributed by atoms with Crippen LogP contribution in [0.5, 0.6) is 5.75 Å². The van der Waals surface area contributed by atoms with Crippen LogP contribution in [0.25, 0.3) is 0 Å². The molecule has 1 unspecified atom stereocenters. The van der Waals surface area contributed by atoms with Gasteiger partial charge in [-0.25, -0.2) is 4.79 Å². The minimum absolute atomic E-state index is 0.141. The quantitative estimate of drug-likeness (QED) is 0.118.